The van der Waals surface area contributed by atoms with Crippen molar-refractivity contribution in [1.29, 1.82) is 0 Å². The van der Waals surface area contributed by atoms with E-state index >= 15 is 0 Å². The molecule has 8 heteroatoms. The molecule has 1 fully saturated rings. The van der Waals surface area contributed by atoms with Crippen molar-refractivity contribution in [3.05, 3.63) is 53.1 Å². The Bertz CT molecular complexity index is 1120. The molecule has 0 unspecified atom stereocenters. The summed E-state index contributed by atoms with van der Waals surface area (Å²) in [5.74, 6) is -0.343. The van der Waals surface area contributed by atoms with Gasteiger partial charge < -0.3 is 10.6 Å². The maximum Gasteiger partial charge on any atom is 0.255 e. The number of sulfonamides is 1. The fraction of sp³-hybridized carbons (Fsp3) is 0.391. The van der Waals surface area contributed by atoms with E-state index in [9.17, 15) is 18.0 Å². The molecule has 2 heterocycles. The van der Waals surface area contributed by atoms with Gasteiger partial charge in [0, 0.05) is 36.4 Å². The molecule has 2 aliphatic heterocycles. The number of hydrogen-bond donors (Lipinski definition) is 2. The maximum absolute atomic E-state index is 13.2. The topological polar surface area (TPSA) is 95.6 Å². The van der Waals surface area contributed by atoms with E-state index < -0.39 is 10.0 Å². The number of carbonyl (C=O) groups excluding carboxylic acids is 2. The minimum Gasteiger partial charge on any atom is -0.326 e. The van der Waals surface area contributed by atoms with Crippen LogP contribution in [0.1, 0.15) is 53.6 Å². The van der Waals surface area contributed by atoms with Gasteiger partial charge in [-0.05, 0) is 67.6 Å². The average Bonchev–Trinajstić information content (AvgIpc) is 3.05. The summed E-state index contributed by atoms with van der Waals surface area (Å²) in [6.45, 7) is 2.84. The van der Waals surface area contributed by atoms with Crippen LogP contribution in [0.3, 0.4) is 0 Å². The van der Waals surface area contributed by atoms with E-state index in [1.165, 1.54) is 0 Å². The zero-order valence-electron chi connectivity index (χ0n) is 17.6. The summed E-state index contributed by atoms with van der Waals surface area (Å²) in [5.41, 5.74) is 3.21. The molecule has 0 aromatic heterocycles. The van der Waals surface area contributed by atoms with Crippen molar-refractivity contribution in [3.63, 3.8) is 0 Å². The number of anilines is 2. The molecule has 4 rings (SSSR count). The summed E-state index contributed by atoms with van der Waals surface area (Å²) in [6, 6.07) is 10.1. The van der Waals surface area contributed by atoms with E-state index in [1.807, 2.05) is 0 Å². The summed E-state index contributed by atoms with van der Waals surface area (Å²) in [5, 5.41) is 5.62. The Labute approximate surface area is 182 Å². The number of nitrogens with one attached hydrogen (secondary N) is 2. The van der Waals surface area contributed by atoms with Gasteiger partial charge in [-0.3, -0.25) is 9.59 Å². The van der Waals surface area contributed by atoms with Gasteiger partial charge in [0.1, 0.15) is 0 Å². The van der Waals surface area contributed by atoms with Crippen LogP contribution in [-0.4, -0.2) is 37.6 Å². The molecular weight excluding hydrogens is 414 g/mol. The molecule has 0 radical (unpaired) electrons. The van der Waals surface area contributed by atoms with E-state index in [-0.39, 0.29) is 16.7 Å². The Morgan fingerprint density at radius 1 is 1.00 bits per heavy atom. The maximum atomic E-state index is 13.2. The van der Waals surface area contributed by atoms with Gasteiger partial charge >= 0.3 is 0 Å². The molecule has 0 bridgehead atoms. The third kappa shape index (κ3) is 4.65. The second kappa shape index (κ2) is 8.80. The number of aryl methyl sites for hydroxylation is 2. The summed E-state index contributed by atoms with van der Waals surface area (Å²) in [6.07, 6.45) is 4.82. The lowest BCUT2D eigenvalue weighted by Gasteiger charge is -2.21. The Morgan fingerprint density at radius 3 is 2.48 bits per heavy atom. The zero-order valence-corrected chi connectivity index (χ0v) is 18.4. The first-order chi connectivity index (χ1) is 14.8. The number of fused-ring (bicyclic) bond motifs is 1. The molecule has 1 saturated heterocycles. The Balaban J connectivity index is 1.56. The fourth-order valence-electron chi connectivity index (χ4n) is 4.10. The molecule has 0 saturated carbocycles. The molecular formula is C23H27N3O4S. The molecule has 2 aromatic rings. The average molecular weight is 442 g/mol. The van der Waals surface area contributed by atoms with E-state index in [0.717, 1.165) is 36.9 Å². The minimum atomic E-state index is -3.61. The van der Waals surface area contributed by atoms with E-state index in [4.69, 9.17) is 0 Å². The number of nitrogens with zero attached hydrogens (tertiary/aromatic N) is 1. The van der Waals surface area contributed by atoms with Gasteiger partial charge in [0.05, 0.1) is 4.90 Å². The van der Waals surface area contributed by atoms with E-state index in [1.54, 1.807) is 47.6 Å². The van der Waals surface area contributed by atoms with Crippen LogP contribution in [0.25, 0.3) is 0 Å². The molecule has 0 spiro atoms. The summed E-state index contributed by atoms with van der Waals surface area (Å²) >= 11 is 0. The monoisotopic (exact) mass is 441 g/mol. The normalized spacial score (nSPS) is 17.4. The smallest absolute Gasteiger partial charge is 0.255 e. The zero-order chi connectivity index (χ0) is 22.0. The number of rotatable bonds is 4. The molecule has 2 amide bonds. The second-order valence-electron chi connectivity index (χ2n) is 8.17. The highest BCUT2D eigenvalue weighted by molar-refractivity contribution is 7.89. The van der Waals surface area contributed by atoms with Crippen molar-refractivity contribution in [2.45, 2.75) is 50.3 Å². The first-order valence-corrected chi connectivity index (χ1v) is 12.1. The van der Waals surface area contributed by atoms with Crippen molar-refractivity contribution in [3.8, 4) is 0 Å². The van der Waals surface area contributed by atoms with Gasteiger partial charge in [-0.2, -0.15) is 4.31 Å². The van der Waals surface area contributed by atoms with Gasteiger partial charge in [0.15, 0.2) is 0 Å². The second-order valence-corrected chi connectivity index (χ2v) is 10.1. The molecule has 2 aliphatic rings. The summed E-state index contributed by atoms with van der Waals surface area (Å²) in [4.78, 5) is 24.6. The van der Waals surface area contributed by atoms with Crippen molar-refractivity contribution in [2.75, 3.05) is 23.7 Å². The molecule has 0 atom stereocenters. The van der Waals surface area contributed by atoms with Gasteiger partial charge in [0.25, 0.3) is 5.91 Å². The Morgan fingerprint density at radius 2 is 1.74 bits per heavy atom. The third-order valence-corrected chi connectivity index (χ3v) is 7.93. The van der Waals surface area contributed by atoms with Gasteiger partial charge in [-0.25, -0.2) is 8.42 Å². The standard InChI is InChI=1S/C23H27N3O4S/c1-16-6-9-19(15-21(16)31(29,30)26-12-4-2-3-5-13-26)24-23(28)18-7-10-20-17(14-18)8-11-22(27)25-20/h6-7,9-10,14-15H,2-5,8,11-13H2,1H3,(H,24,28)(H,25,27). The van der Waals surface area contributed by atoms with Crippen LogP contribution in [0.2, 0.25) is 0 Å². The highest BCUT2D eigenvalue weighted by Gasteiger charge is 2.27. The van der Waals surface area contributed by atoms with Gasteiger partial charge in [-0.1, -0.05) is 18.9 Å². The molecule has 164 valence electrons. The number of carbonyl (C=O) groups is 2. The van der Waals surface area contributed by atoms with E-state index in [2.05, 4.69) is 10.6 Å². The van der Waals surface area contributed by atoms with Crippen molar-refractivity contribution >= 4 is 33.2 Å². The first-order valence-electron chi connectivity index (χ1n) is 10.7. The minimum absolute atomic E-state index is 0.0255. The lowest BCUT2D eigenvalue weighted by atomic mass is 10.00. The van der Waals surface area contributed by atoms with Crippen LogP contribution in [0.4, 0.5) is 11.4 Å². The molecule has 0 aliphatic carbocycles. The lowest BCUT2D eigenvalue weighted by Crippen LogP contribution is -2.32. The number of amides is 2. The van der Waals surface area contributed by atoms with Crippen LogP contribution < -0.4 is 10.6 Å². The first kappa shape index (κ1) is 21.5. The predicted octanol–water partition coefficient (Wildman–Crippen LogP) is 3.70. The van der Waals surface area contributed by atoms with Crippen LogP contribution >= 0.6 is 0 Å². The fourth-order valence-corrected chi connectivity index (χ4v) is 5.87. The van der Waals surface area contributed by atoms with Gasteiger partial charge in [-0.15, -0.1) is 0 Å². The Kier molecular flexibility index (Phi) is 6.11. The lowest BCUT2D eigenvalue weighted by molar-refractivity contribution is -0.116. The number of hydrogen-bond acceptors (Lipinski definition) is 4. The van der Waals surface area contributed by atoms with Crippen LogP contribution in [0.15, 0.2) is 41.3 Å². The van der Waals surface area contributed by atoms with Crippen molar-refractivity contribution in [1.82, 2.24) is 4.31 Å². The SMILES string of the molecule is Cc1ccc(NC(=O)c2ccc3c(c2)CCC(=O)N3)cc1S(=O)(=O)N1CCCCCC1. The van der Waals surface area contributed by atoms with Crippen LogP contribution in [0, 0.1) is 6.92 Å². The third-order valence-electron chi connectivity index (χ3n) is 5.89. The van der Waals surface area contributed by atoms with Crippen LogP contribution in [0.5, 0.6) is 0 Å². The van der Waals surface area contributed by atoms with E-state index in [0.29, 0.717) is 42.7 Å². The van der Waals surface area contributed by atoms with Crippen molar-refractivity contribution < 1.29 is 18.0 Å². The molecule has 2 N–H and O–H groups in total. The number of benzene rings is 2. The summed E-state index contributed by atoms with van der Waals surface area (Å²) in [7, 11) is -3.61. The predicted molar refractivity (Wildman–Crippen MR) is 120 cm³/mol. The Hall–Kier alpha value is -2.71. The molecule has 2 aromatic carbocycles. The highest BCUT2D eigenvalue weighted by atomic mass is 32.2. The van der Waals surface area contributed by atoms with Gasteiger partial charge in [0.2, 0.25) is 15.9 Å². The van der Waals surface area contributed by atoms with Crippen LogP contribution in [-0.2, 0) is 21.2 Å². The largest absolute Gasteiger partial charge is 0.326 e. The quantitative estimate of drug-likeness (QED) is 0.756. The highest BCUT2D eigenvalue weighted by Crippen LogP contribution is 2.27. The van der Waals surface area contributed by atoms with Crippen molar-refractivity contribution in [2.24, 2.45) is 0 Å². The molecule has 7 nitrogen and oxygen atoms in total. The molecule has 31 heavy (non-hydrogen) atoms. The summed E-state index contributed by atoms with van der Waals surface area (Å²) < 4.78 is 28.0.